The van der Waals surface area contributed by atoms with Crippen LogP contribution in [0.1, 0.15) is 77.9 Å². The molecular formula is C31H31NO3S. The first kappa shape index (κ1) is 22.4. The minimum absolute atomic E-state index is 0.103. The summed E-state index contributed by atoms with van der Waals surface area (Å²) in [5, 5.41) is 2.90. The van der Waals surface area contributed by atoms with E-state index < -0.39 is 0 Å². The van der Waals surface area contributed by atoms with Crippen molar-refractivity contribution >= 4 is 45.6 Å². The fourth-order valence-electron chi connectivity index (χ4n) is 8.06. The number of hydrogen-bond acceptors (Lipinski definition) is 5. The Morgan fingerprint density at radius 1 is 1.00 bits per heavy atom. The van der Waals surface area contributed by atoms with E-state index in [9.17, 15) is 9.59 Å². The maximum absolute atomic E-state index is 13.7. The number of benzene rings is 1. The molecule has 8 rings (SSSR count). The monoisotopic (exact) mass is 497 g/mol. The second-order valence-corrected chi connectivity index (χ2v) is 12.5. The van der Waals surface area contributed by atoms with Gasteiger partial charge in [-0.15, -0.1) is 11.3 Å². The molecule has 0 radical (unpaired) electrons. The molecule has 5 aliphatic carbocycles. The lowest BCUT2D eigenvalue weighted by molar-refractivity contribution is -0.147. The lowest BCUT2D eigenvalue weighted by Crippen LogP contribution is -2.51. The molecule has 0 saturated heterocycles. The second kappa shape index (κ2) is 8.65. The third-order valence-corrected chi connectivity index (χ3v) is 10.0. The van der Waals surface area contributed by atoms with Crippen LogP contribution < -0.4 is 0 Å². The molecule has 184 valence electrons. The number of Topliss-reactive ketones (excluding diaryl/α,β-unsaturated/α-hetero) is 1. The maximum atomic E-state index is 13.7. The Kier molecular flexibility index (Phi) is 5.39. The number of ketones is 1. The number of carbonyl (C=O) groups is 2. The number of allylic oxidation sites excluding steroid dienone is 1. The number of pyridine rings is 1. The van der Waals surface area contributed by atoms with Crippen molar-refractivity contribution in [1.29, 1.82) is 0 Å². The van der Waals surface area contributed by atoms with E-state index in [0.29, 0.717) is 23.3 Å². The molecule has 4 saturated carbocycles. The van der Waals surface area contributed by atoms with Gasteiger partial charge in [-0.05, 0) is 110 Å². The molecule has 5 aliphatic rings. The fourth-order valence-corrected chi connectivity index (χ4v) is 8.74. The highest BCUT2D eigenvalue weighted by Gasteiger charge is 2.54. The van der Waals surface area contributed by atoms with E-state index in [1.807, 2.05) is 24.3 Å². The molecule has 0 amide bonds. The van der Waals surface area contributed by atoms with Crippen LogP contribution in [0.2, 0.25) is 0 Å². The summed E-state index contributed by atoms with van der Waals surface area (Å²) in [5.41, 5.74) is 4.21. The molecule has 1 aromatic carbocycles. The molecule has 4 fully saturated rings. The summed E-state index contributed by atoms with van der Waals surface area (Å²) >= 11 is 1.71. The van der Waals surface area contributed by atoms with Crippen LogP contribution in [-0.2, 0) is 16.0 Å². The van der Waals surface area contributed by atoms with Crippen LogP contribution in [-0.4, -0.2) is 23.3 Å². The summed E-state index contributed by atoms with van der Waals surface area (Å²) in [7, 11) is 0. The van der Waals surface area contributed by atoms with Crippen LogP contribution in [0.5, 0.6) is 0 Å². The number of rotatable bonds is 5. The summed E-state index contributed by atoms with van der Waals surface area (Å²) in [6.07, 6.45) is 11.8. The van der Waals surface area contributed by atoms with Crippen molar-refractivity contribution in [3.63, 3.8) is 0 Å². The first-order chi connectivity index (χ1) is 17.6. The number of hydrogen-bond donors (Lipinski definition) is 0. The van der Waals surface area contributed by atoms with Gasteiger partial charge in [0.15, 0.2) is 12.4 Å². The highest BCUT2D eigenvalue weighted by Crippen LogP contribution is 2.60. The minimum Gasteiger partial charge on any atom is -0.454 e. The minimum atomic E-state index is -0.375. The predicted molar refractivity (Wildman–Crippen MR) is 143 cm³/mol. The molecule has 36 heavy (non-hydrogen) atoms. The van der Waals surface area contributed by atoms with Crippen LogP contribution in [0.3, 0.4) is 0 Å². The Morgan fingerprint density at radius 2 is 1.75 bits per heavy atom. The number of fused-ring (bicyclic) bond motifs is 2. The second-order valence-electron chi connectivity index (χ2n) is 11.6. The summed E-state index contributed by atoms with van der Waals surface area (Å²) < 4.78 is 5.86. The number of esters is 1. The first-order valence-electron chi connectivity index (χ1n) is 13.4. The molecular weight excluding hydrogens is 466 g/mol. The van der Waals surface area contributed by atoms with Crippen LogP contribution in [0.4, 0.5) is 0 Å². The van der Waals surface area contributed by atoms with Crippen molar-refractivity contribution in [3.8, 4) is 0 Å². The van der Waals surface area contributed by atoms with Gasteiger partial charge in [0.05, 0.1) is 16.8 Å². The van der Waals surface area contributed by atoms with Gasteiger partial charge in [0, 0.05) is 15.7 Å². The fraction of sp³-hybridized carbons (Fsp3) is 0.452. The molecule has 5 heteroatoms. The quantitative estimate of drug-likeness (QED) is 0.352. The summed E-state index contributed by atoms with van der Waals surface area (Å²) in [6, 6.07) is 12.0. The zero-order valence-corrected chi connectivity index (χ0v) is 21.3. The van der Waals surface area contributed by atoms with Gasteiger partial charge in [-0.25, -0.2) is 9.78 Å². The Labute approximate surface area is 215 Å². The van der Waals surface area contributed by atoms with E-state index in [0.717, 1.165) is 60.7 Å². The standard InChI is InChI=1S/C31H31NO3S/c33-27(31-15-19-11-20(16-31)13-21(12-19)17-31)18-35-30(34)28-24-7-1-2-9-26(24)32-29-22(5-3-8-25(28)29)14-23-6-4-10-36-23/h1-2,4,6-7,9-10,14,19-21H,3,5,8,11-13,15-18H2. The molecule has 0 atom stereocenters. The normalized spacial score (nSPS) is 29.4. The molecule has 0 unspecified atom stereocenters. The molecule has 0 spiro atoms. The Balaban J connectivity index is 1.20. The van der Waals surface area contributed by atoms with Crippen molar-refractivity contribution in [1.82, 2.24) is 4.98 Å². The summed E-state index contributed by atoms with van der Waals surface area (Å²) in [4.78, 5) is 33.4. The van der Waals surface area contributed by atoms with Gasteiger partial charge in [0.25, 0.3) is 0 Å². The average Bonchev–Trinajstić information content (AvgIpc) is 3.38. The van der Waals surface area contributed by atoms with Gasteiger partial charge >= 0.3 is 5.97 Å². The van der Waals surface area contributed by atoms with E-state index in [2.05, 4.69) is 23.6 Å². The number of nitrogens with zero attached hydrogens (tertiary/aromatic N) is 1. The Hall–Kier alpha value is -2.79. The molecule has 4 nitrogen and oxygen atoms in total. The average molecular weight is 498 g/mol. The van der Waals surface area contributed by atoms with Crippen LogP contribution in [0.25, 0.3) is 22.6 Å². The van der Waals surface area contributed by atoms with E-state index in [4.69, 9.17) is 9.72 Å². The number of aromatic nitrogens is 1. The zero-order chi connectivity index (χ0) is 24.3. The maximum Gasteiger partial charge on any atom is 0.339 e. The predicted octanol–water partition coefficient (Wildman–Crippen LogP) is 7.12. The third-order valence-electron chi connectivity index (χ3n) is 9.20. The van der Waals surface area contributed by atoms with Gasteiger partial charge in [-0.2, -0.15) is 0 Å². The van der Waals surface area contributed by atoms with E-state index >= 15 is 0 Å². The number of para-hydroxylation sites is 1. The lowest BCUT2D eigenvalue weighted by atomic mass is 9.48. The highest BCUT2D eigenvalue weighted by molar-refractivity contribution is 7.10. The van der Waals surface area contributed by atoms with Gasteiger partial charge in [0.2, 0.25) is 0 Å². The molecule has 0 N–H and O–H groups in total. The molecule has 2 heterocycles. The van der Waals surface area contributed by atoms with E-state index in [-0.39, 0.29) is 23.8 Å². The van der Waals surface area contributed by atoms with Crippen molar-refractivity contribution in [2.75, 3.05) is 6.61 Å². The van der Waals surface area contributed by atoms with Gasteiger partial charge in [-0.3, -0.25) is 4.79 Å². The SMILES string of the molecule is O=C(OCC(=O)C12CC3CC(CC(C3)C1)C2)c1c2c(nc3ccccc13)C(=Cc1cccs1)CCC2. The Bertz CT molecular complexity index is 1350. The van der Waals surface area contributed by atoms with E-state index in [1.165, 1.54) is 29.7 Å². The highest BCUT2D eigenvalue weighted by atomic mass is 32.1. The van der Waals surface area contributed by atoms with Gasteiger partial charge < -0.3 is 4.74 Å². The number of ether oxygens (including phenoxy) is 1. The largest absolute Gasteiger partial charge is 0.454 e. The molecule has 2 aromatic heterocycles. The smallest absolute Gasteiger partial charge is 0.339 e. The molecule has 3 aromatic rings. The molecule has 4 bridgehead atoms. The van der Waals surface area contributed by atoms with Crippen molar-refractivity contribution in [2.24, 2.45) is 23.2 Å². The van der Waals surface area contributed by atoms with Crippen LogP contribution >= 0.6 is 11.3 Å². The van der Waals surface area contributed by atoms with Crippen LogP contribution in [0.15, 0.2) is 41.8 Å². The topological polar surface area (TPSA) is 56.3 Å². The van der Waals surface area contributed by atoms with Gasteiger partial charge in [-0.1, -0.05) is 24.3 Å². The third kappa shape index (κ3) is 3.75. The number of thiophene rings is 1. The first-order valence-corrected chi connectivity index (χ1v) is 14.3. The van der Waals surface area contributed by atoms with Gasteiger partial charge in [0.1, 0.15) is 0 Å². The van der Waals surface area contributed by atoms with E-state index in [1.54, 1.807) is 11.3 Å². The van der Waals surface area contributed by atoms with Crippen molar-refractivity contribution < 1.29 is 14.3 Å². The zero-order valence-electron chi connectivity index (χ0n) is 20.5. The number of carbonyl (C=O) groups excluding carboxylic acids is 2. The summed E-state index contributed by atoms with van der Waals surface area (Å²) in [5.74, 6) is 1.86. The van der Waals surface area contributed by atoms with Crippen molar-refractivity contribution in [2.45, 2.75) is 57.8 Å². The summed E-state index contributed by atoms with van der Waals surface area (Å²) in [6.45, 7) is -0.103. The lowest BCUT2D eigenvalue weighted by Gasteiger charge is -2.55. The van der Waals surface area contributed by atoms with Crippen LogP contribution in [0, 0.1) is 23.2 Å². The molecule has 0 aliphatic heterocycles. The van der Waals surface area contributed by atoms with Crippen molar-refractivity contribution in [3.05, 3.63) is 63.5 Å². The Morgan fingerprint density at radius 3 is 2.47 bits per heavy atom.